The van der Waals surface area contributed by atoms with Crippen LogP contribution < -0.4 is 15.8 Å². The third-order valence-corrected chi connectivity index (χ3v) is 5.75. The third-order valence-electron chi connectivity index (χ3n) is 5.42. The van der Waals surface area contributed by atoms with E-state index in [1.54, 1.807) is 39.1 Å². The maximum atomic E-state index is 12.9. The lowest BCUT2D eigenvalue weighted by Crippen LogP contribution is -2.29. The largest absolute Gasteiger partial charge is 0.491 e. The number of Topliss-reactive ketones (excluding diaryl/α,β-unsaturated/α-hetero) is 1. The molecule has 0 saturated heterocycles. The minimum Gasteiger partial charge on any atom is -0.491 e. The number of nitrogens with one attached hydrogen (secondary N) is 1. The van der Waals surface area contributed by atoms with Crippen LogP contribution in [0, 0.1) is 6.92 Å². The Bertz CT molecular complexity index is 1310. The number of hydrogen-bond donors (Lipinski definition) is 3. The zero-order valence-corrected chi connectivity index (χ0v) is 21.7. The molecule has 0 aliphatic rings. The Morgan fingerprint density at radius 1 is 1.30 bits per heavy atom. The van der Waals surface area contributed by atoms with E-state index < -0.39 is 19.1 Å². The lowest BCUT2D eigenvalue weighted by Gasteiger charge is -2.16. The first kappa shape index (κ1) is 28.2. The Morgan fingerprint density at radius 2 is 2.03 bits per heavy atom. The molecule has 1 atom stereocenters. The molecule has 0 aliphatic heterocycles. The summed E-state index contributed by atoms with van der Waals surface area (Å²) in [7, 11) is 1.72. The van der Waals surface area contributed by atoms with Crippen LogP contribution in [0.15, 0.2) is 36.3 Å². The van der Waals surface area contributed by atoms with Crippen molar-refractivity contribution in [3.8, 4) is 28.4 Å². The maximum Gasteiger partial charge on any atom is 0.257 e. The Hall–Kier alpha value is -3.41. The van der Waals surface area contributed by atoms with Crippen molar-refractivity contribution in [1.29, 1.82) is 0 Å². The monoisotopic (exact) mass is 534 g/mol. The summed E-state index contributed by atoms with van der Waals surface area (Å²) in [5, 5.41) is 17.1. The molecule has 0 aliphatic carbocycles. The molecule has 37 heavy (non-hydrogen) atoms. The fraction of sp³-hybridized carbons (Fsp3) is 0.360. The van der Waals surface area contributed by atoms with Crippen LogP contribution in [0.4, 0.5) is 8.78 Å². The zero-order chi connectivity index (χ0) is 27.3. The number of halogens is 3. The second-order valence-electron chi connectivity index (χ2n) is 8.49. The van der Waals surface area contributed by atoms with E-state index in [4.69, 9.17) is 22.1 Å². The number of rotatable bonds is 11. The molecule has 0 spiro atoms. The van der Waals surface area contributed by atoms with Gasteiger partial charge in [0.2, 0.25) is 0 Å². The van der Waals surface area contributed by atoms with E-state index in [0.29, 0.717) is 45.4 Å². The van der Waals surface area contributed by atoms with Crippen molar-refractivity contribution >= 4 is 23.0 Å². The summed E-state index contributed by atoms with van der Waals surface area (Å²) in [6.45, 7) is 4.51. The third kappa shape index (κ3) is 6.88. The topological polar surface area (TPSA) is 128 Å². The van der Waals surface area contributed by atoms with Crippen LogP contribution in [0.3, 0.4) is 0 Å². The van der Waals surface area contributed by atoms with Crippen molar-refractivity contribution in [2.45, 2.75) is 39.8 Å². The number of hydrogen-bond acceptors (Lipinski definition) is 8. The molecule has 0 radical (unpaired) electrons. The molecule has 3 rings (SSSR count). The van der Waals surface area contributed by atoms with Gasteiger partial charge in [-0.25, -0.2) is 18.7 Å². The van der Waals surface area contributed by atoms with Gasteiger partial charge < -0.3 is 20.9 Å². The van der Waals surface area contributed by atoms with Crippen LogP contribution in [-0.4, -0.2) is 63.4 Å². The highest BCUT2D eigenvalue weighted by Gasteiger charge is 2.22. The minimum absolute atomic E-state index is 0.0417. The van der Waals surface area contributed by atoms with Crippen molar-refractivity contribution in [3.05, 3.63) is 52.6 Å². The fourth-order valence-corrected chi connectivity index (χ4v) is 3.97. The van der Waals surface area contributed by atoms with Gasteiger partial charge in [-0.05, 0) is 46.0 Å². The summed E-state index contributed by atoms with van der Waals surface area (Å²) in [5.41, 5.74) is 8.58. The molecule has 198 valence electrons. The highest BCUT2D eigenvalue weighted by molar-refractivity contribution is 6.33. The standard InChI is InChI=1S/C25H29ClF2N6O3/c1-13-23(16-8-31-34(10-16)11-21(27)28)32-25(33-24(13)22(14(2)29)15(3)35)19-7-18(5-6-20(19)26)37-12-17(36)9-30-4/h5-8,10,17,21,30,36H,9,11-12,29H2,1-4H3/t17-/m1/s1. The van der Waals surface area contributed by atoms with Gasteiger partial charge in [0, 0.05) is 35.1 Å². The van der Waals surface area contributed by atoms with Crippen LogP contribution >= 0.6 is 11.6 Å². The summed E-state index contributed by atoms with van der Waals surface area (Å²) in [4.78, 5) is 21.8. The predicted molar refractivity (Wildman–Crippen MR) is 137 cm³/mol. The highest BCUT2D eigenvalue weighted by Crippen LogP contribution is 2.34. The molecule has 0 saturated carbocycles. The molecule has 0 unspecified atom stereocenters. The number of carbonyl (C=O) groups is 1. The Morgan fingerprint density at radius 3 is 2.65 bits per heavy atom. The van der Waals surface area contributed by atoms with Crippen LogP contribution in [0.5, 0.6) is 5.75 Å². The van der Waals surface area contributed by atoms with Crippen molar-refractivity contribution < 1.29 is 23.4 Å². The van der Waals surface area contributed by atoms with Gasteiger partial charge in [0.25, 0.3) is 6.43 Å². The van der Waals surface area contributed by atoms with E-state index in [0.717, 1.165) is 4.68 Å². The first-order chi connectivity index (χ1) is 17.5. The van der Waals surface area contributed by atoms with Gasteiger partial charge >= 0.3 is 0 Å². The average molecular weight is 535 g/mol. The molecule has 1 aromatic carbocycles. The van der Waals surface area contributed by atoms with Gasteiger partial charge in [0.15, 0.2) is 11.6 Å². The van der Waals surface area contributed by atoms with Crippen LogP contribution in [0.1, 0.15) is 25.1 Å². The van der Waals surface area contributed by atoms with Gasteiger partial charge in [-0.1, -0.05) is 11.6 Å². The van der Waals surface area contributed by atoms with E-state index in [1.165, 1.54) is 19.3 Å². The second-order valence-corrected chi connectivity index (χ2v) is 8.90. The van der Waals surface area contributed by atoms with Crippen molar-refractivity contribution in [1.82, 2.24) is 25.1 Å². The number of carbonyl (C=O) groups excluding carboxylic acids is 1. The second kappa shape index (κ2) is 12.2. The fourth-order valence-electron chi connectivity index (χ4n) is 3.77. The number of ether oxygens (including phenoxy) is 1. The molecule has 0 fully saturated rings. The van der Waals surface area contributed by atoms with Crippen molar-refractivity contribution in [2.75, 3.05) is 20.2 Å². The highest BCUT2D eigenvalue weighted by atomic mass is 35.5. The summed E-state index contributed by atoms with van der Waals surface area (Å²) < 4.78 is 32.6. The van der Waals surface area contributed by atoms with Gasteiger partial charge in [0.05, 0.1) is 28.2 Å². The van der Waals surface area contributed by atoms with E-state index in [1.807, 2.05) is 0 Å². The lowest BCUT2D eigenvalue weighted by atomic mass is 9.98. The number of aliphatic hydroxyl groups excluding tert-OH is 1. The molecule has 9 nitrogen and oxygen atoms in total. The first-order valence-corrected chi connectivity index (χ1v) is 11.8. The number of alkyl halides is 2. The van der Waals surface area contributed by atoms with Crippen molar-refractivity contribution in [2.24, 2.45) is 5.73 Å². The number of nitrogens with two attached hydrogens (primary N) is 1. The Balaban J connectivity index is 2.18. The normalized spacial score (nSPS) is 13.0. The van der Waals surface area contributed by atoms with Gasteiger partial charge in [-0.3, -0.25) is 9.48 Å². The Kier molecular flexibility index (Phi) is 9.30. The van der Waals surface area contributed by atoms with E-state index in [2.05, 4.69) is 20.4 Å². The molecule has 0 bridgehead atoms. The number of likely N-dealkylation sites (N-methyl/N-ethyl adjacent to an activating group) is 1. The van der Waals surface area contributed by atoms with Gasteiger partial charge in [-0.2, -0.15) is 5.10 Å². The first-order valence-electron chi connectivity index (χ1n) is 11.4. The SMILES string of the molecule is CNC[C@@H](O)COc1ccc(Cl)c(-c2nc(C(C(C)=O)=C(C)N)c(C)c(-c3cnn(CC(F)F)c3)n2)c1. The molecule has 4 N–H and O–H groups in total. The molecular weight excluding hydrogens is 506 g/mol. The number of benzene rings is 1. The number of nitrogens with zero attached hydrogens (tertiary/aromatic N) is 4. The number of aliphatic hydroxyl groups is 1. The zero-order valence-electron chi connectivity index (χ0n) is 20.9. The minimum atomic E-state index is -2.58. The predicted octanol–water partition coefficient (Wildman–Crippen LogP) is 3.47. The number of ketones is 1. The molecule has 0 amide bonds. The average Bonchev–Trinajstić information content (AvgIpc) is 3.27. The maximum absolute atomic E-state index is 12.9. The summed E-state index contributed by atoms with van der Waals surface area (Å²) in [6, 6.07) is 4.88. The van der Waals surface area contributed by atoms with Crippen molar-refractivity contribution in [3.63, 3.8) is 0 Å². The number of aromatic nitrogens is 4. The van der Waals surface area contributed by atoms with Crippen LogP contribution in [0.25, 0.3) is 28.2 Å². The lowest BCUT2D eigenvalue weighted by molar-refractivity contribution is -0.111. The van der Waals surface area contributed by atoms with Crippen LogP contribution in [-0.2, 0) is 11.3 Å². The molecule has 2 aromatic heterocycles. The molecule has 3 aromatic rings. The number of allylic oxidation sites excluding steroid dienone is 2. The smallest absolute Gasteiger partial charge is 0.257 e. The summed E-state index contributed by atoms with van der Waals surface area (Å²) in [6.07, 6.45) is -0.433. The molecule has 12 heteroatoms. The van der Waals surface area contributed by atoms with Gasteiger partial charge in [0.1, 0.15) is 25.0 Å². The van der Waals surface area contributed by atoms with E-state index in [9.17, 15) is 18.7 Å². The molecule has 2 heterocycles. The summed E-state index contributed by atoms with van der Waals surface area (Å²) in [5.74, 6) is 0.293. The Labute approximate surface area is 218 Å². The van der Waals surface area contributed by atoms with Crippen LogP contribution in [0.2, 0.25) is 5.02 Å². The van der Waals surface area contributed by atoms with E-state index >= 15 is 0 Å². The molecular formula is C25H29ClF2N6O3. The summed E-state index contributed by atoms with van der Waals surface area (Å²) >= 11 is 6.50. The quantitative estimate of drug-likeness (QED) is 0.319. The van der Waals surface area contributed by atoms with Gasteiger partial charge in [-0.15, -0.1) is 0 Å². The van der Waals surface area contributed by atoms with E-state index in [-0.39, 0.29) is 29.5 Å².